The molecule has 0 aromatic heterocycles. The molecule has 4 amide bonds. The number of nitrogens with two attached hydrogens (primary N) is 2. The molecular formula is C21H29N5O8. The Morgan fingerprint density at radius 3 is 1.88 bits per heavy atom. The Balaban J connectivity index is 3.03. The molecule has 13 heteroatoms. The lowest BCUT2D eigenvalue weighted by atomic mass is 10.0. The summed E-state index contributed by atoms with van der Waals surface area (Å²) in [7, 11) is 0. The van der Waals surface area contributed by atoms with Gasteiger partial charge in [0.2, 0.25) is 23.6 Å². The third-order valence-corrected chi connectivity index (χ3v) is 4.69. The molecule has 0 aliphatic heterocycles. The SMILES string of the molecule is NCC(=O)NC(Cc1ccccc1)C(=O)NC(CCC(=O)O)C(=O)NC(CCC(N)=O)C(=O)O. The molecule has 13 nitrogen and oxygen atoms in total. The molecule has 0 radical (unpaired) electrons. The maximum atomic E-state index is 12.9. The Morgan fingerprint density at radius 1 is 0.794 bits per heavy atom. The Labute approximate surface area is 195 Å². The van der Waals surface area contributed by atoms with Crippen molar-refractivity contribution in [2.45, 2.75) is 50.2 Å². The van der Waals surface area contributed by atoms with Gasteiger partial charge in [-0.3, -0.25) is 24.0 Å². The number of carboxylic acid groups (broad SMARTS) is 2. The minimum atomic E-state index is -1.48. The quantitative estimate of drug-likeness (QED) is 0.145. The fraction of sp³-hybridized carbons (Fsp3) is 0.429. The van der Waals surface area contributed by atoms with Crippen molar-refractivity contribution >= 4 is 35.6 Å². The molecule has 186 valence electrons. The Hall–Kier alpha value is -4.00. The van der Waals surface area contributed by atoms with Crippen LogP contribution in [0.1, 0.15) is 31.2 Å². The minimum absolute atomic E-state index is 0.0576. The monoisotopic (exact) mass is 479 g/mol. The third kappa shape index (κ3) is 10.5. The number of nitrogens with one attached hydrogen (secondary N) is 3. The summed E-state index contributed by atoms with van der Waals surface area (Å²) in [5.74, 6) is -5.83. The molecule has 0 aliphatic rings. The van der Waals surface area contributed by atoms with Crippen LogP contribution in [0, 0.1) is 0 Å². The summed E-state index contributed by atoms with van der Waals surface area (Å²) in [6.07, 6.45) is -1.40. The van der Waals surface area contributed by atoms with Crippen LogP contribution < -0.4 is 27.4 Å². The summed E-state index contributed by atoms with van der Waals surface area (Å²) >= 11 is 0. The lowest BCUT2D eigenvalue weighted by Gasteiger charge is -2.24. The number of benzene rings is 1. The summed E-state index contributed by atoms with van der Waals surface area (Å²) in [5.41, 5.74) is 11.0. The highest BCUT2D eigenvalue weighted by Crippen LogP contribution is 2.07. The first-order valence-corrected chi connectivity index (χ1v) is 10.4. The highest BCUT2D eigenvalue weighted by molar-refractivity contribution is 5.94. The van der Waals surface area contributed by atoms with Gasteiger partial charge in [0.15, 0.2) is 0 Å². The van der Waals surface area contributed by atoms with E-state index in [2.05, 4.69) is 16.0 Å². The molecule has 0 saturated carbocycles. The summed E-state index contributed by atoms with van der Waals surface area (Å²) in [6.45, 7) is -0.387. The van der Waals surface area contributed by atoms with E-state index in [0.717, 1.165) is 0 Å². The molecule has 34 heavy (non-hydrogen) atoms. The van der Waals surface area contributed by atoms with Gasteiger partial charge in [0, 0.05) is 19.3 Å². The third-order valence-electron chi connectivity index (χ3n) is 4.69. The zero-order valence-electron chi connectivity index (χ0n) is 18.4. The van der Waals surface area contributed by atoms with E-state index in [0.29, 0.717) is 5.56 Å². The predicted octanol–water partition coefficient (Wildman–Crippen LogP) is -2.14. The fourth-order valence-electron chi connectivity index (χ4n) is 2.94. The van der Waals surface area contributed by atoms with Crippen LogP contribution in [0.2, 0.25) is 0 Å². The van der Waals surface area contributed by atoms with Crippen LogP contribution in [0.4, 0.5) is 0 Å². The molecular weight excluding hydrogens is 450 g/mol. The first kappa shape index (κ1) is 28.0. The van der Waals surface area contributed by atoms with Crippen molar-refractivity contribution in [1.29, 1.82) is 0 Å². The van der Waals surface area contributed by atoms with E-state index >= 15 is 0 Å². The Bertz CT molecular complexity index is 892. The molecule has 3 atom stereocenters. The number of carbonyl (C=O) groups is 6. The first-order valence-electron chi connectivity index (χ1n) is 10.4. The van der Waals surface area contributed by atoms with Gasteiger partial charge in [0.25, 0.3) is 0 Å². The standard InChI is InChI=1S/C21H29N5O8/c22-11-17(28)24-15(10-12-4-2-1-3-5-12)20(32)25-13(7-9-18(29)30)19(31)26-14(21(33)34)6-8-16(23)27/h1-5,13-15H,6-11,22H2,(H2,23,27)(H,24,28)(H,25,32)(H,26,31)(H,29,30)(H,33,34). The molecule has 1 aromatic rings. The van der Waals surface area contributed by atoms with E-state index in [4.69, 9.17) is 16.6 Å². The van der Waals surface area contributed by atoms with Crippen LogP contribution in [-0.4, -0.2) is 70.5 Å². The predicted molar refractivity (Wildman–Crippen MR) is 118 cm³/mol. The van der Waals surface area contributed by atoms with Crippen molar-refractivity contribution in [3.8, 4) is 0 Å². The summed E-state index contributed by atoms with van der Waals surface area (Å²) in [4.78, 5) is 70.8. The van der Waals surface area contributed by atoms with Crippen LogP contribution in [0.15, 0.2) is 30.3 Å². The van der Waals surface area contributed by atoms with E-state index in [9.17, 15) is 33.9 Å². The number of amides is 4. The van der Waals surface area contributed by atoms with E-state index in [1.54, 1.807) is 30.3 Å². The second kappa shape index (κ2) is 14.2. The zero-order valence-corrected chi connectivity index (χ0v) is 18.4. The van der Waals surface area contributed by atoms with Gasteiger partial charge in [0.1, 0.15) is 18.1 Å². The average Bonchev–Trinajstić information content (AvgIpc) is 2.78. The van der Waals surface area contributed by atoms with Gasteiger partial charge in [-0.1, -0.05) is 30.3 Å². The van der Waals surface area contributed by atoms with Crippen LogP contribution in [0.25, 0.3) is 0 Å². The van der Waals surface area contributed by atoms with Crippen molar-refractivity contribution < 1.29 is 39.0 Å². The number of hydrogen-bond donors (Lipinski definition) is 7. The van der Waals surface area contributed by atoms with Gasteiger partial charge < -0.3 is 37.6 Å². The molecule has 0 heterocycles. The summed E-state index contributed by atoms with van der Waals surface area (Å²) in [5, 5.41) is 25.3. The number of primary amides is 1. The molecule has 1 aromatic carbocycles. The number of aliphatic carboxylic acids is 2. The summed E-state index contributed by atoms with van der Waals surface area (Å²) in [6, 6.07) is 4.63. The zero-order chi connectivity index (χ0) is 25.7. The number of carboxylic acids is 2. The second-order valence-corrected chi connectivity index (χ2v) is 7.41. The van der Waals surface area contributed by atoms with E-state index in [-0.39, 0.29) is 32.2 Å². The molecule has 0 aliphatic carbocycles. The van der Waals surface area contributed by atoms with Crippen LogP contribution in [-0.2, 0) is 35.2 Å². The fourth-order valence-corrected chi connectivity index (χ4v) is 2.94. The van der Waals surface area contributed by atoms with Crippen molar-refractivity contribution in [2.75, 3.05) is 6.54 Å². The molecule has 9 N–H and O–H groups in total. The topological polar surface area (TPSA) is 231 Å². The van der Waals surface area contributed by atoms with E-state index < -0.39 is 60.1 Å². The maximum Gasteiger partial charge on any atom is 0.326 e. The van der Waals surface area contributed by atoms with Gasteiger partial charge in [-0.05, 0) is 18.4 Å². The Morgan fingerprint density at radius 2 is 1.35 bits per heavy atom. The highest BCUT2D eigenvalue weighted by atomic mass is 16.4. The number of hydrogen-bond acceptors (Lipinski definition) is 7. The van der Waals surface area contributed by atoms with Crippen LogP contribution >= 0.6 is 0 Å². The van der Waals surface area contributed by atoms with E-state index in [1.165, 1.54) is 0 Å². The second-order valence-electron chi connectivity index (χ2n) is 7.41. The maximum absolute atomic E-state index is 12.9. The molecule has 3 unspecified atom stereocenters. The lowest BCUT2D eigenvalue weighted by Crippen LogP contribution is -2.56. The van der Waals surface area contributed by atoms with Crippen molar-refractivity contribution in [2.24, 2.45) is 11.5 Å². The summed E-state index contributed by atoms with van der Waals surface area (Å²) < 4.78 is 0. The lowest BCUT2D eigenvalue weighted by molar-refractivity contribution is -0.143. The number of rotatable bonds is 15. The van der Waals surface area contributed by atoms with Crippen molar-refractivity contribution in [3.63, 3.8) is 0 Å². The highest BCUT2D eigenvalue weighted by Gasteiger charge is 2.30. The molecule has 1 rings (SSSR count). The average molecular weight is 479 g/mol. The largest absolute Gasteiger partial charge is 0.481 e. The smallest absolute Gasteiger partial charge is 0.326 e. The molecule has 0 fully saturated rings. The van der Waals surface area contributed by atoms with Crippen molar-refractivity contribution in [1.82, 2.24) is 16.0 Å². The van der Waals surface area contributed by atoms with Crippen LogP contribution in [0.3, 0.4) is 0 Å². The molecule has 0 saturated heterocycles. The van der Waals surface area contributed by atoms with Crippen molar-refractivity contribution in [3.05, 3.63) is 35.9 Å². The van der Waals surface area contributed by atoms with E-state index in [1.807, 2.05) is 0 Å². The van der Waals surface area contributed by atoms with Gasteiger partial charge in [-0.15, -0.1) is 0 Å². The van der Waals surface area contributed by atoms with Crippen LogP contribution in [0.5, 0.6) is 0 Å². The first-order chi connectivity index (χ1) is 16.0. The minimum Gasteiger partial charge on any atom is -0.481 e. The molecule has 0 spiro atoms. The van der Waals surface area contributed by atoms with Gasteiger partial charge in [0.05, 0.1) is 6.54 Å². The van der Waals surface area contributed by atoms with Gasteiger partial charge in [-0.25, -0.2) is 4.79 Å². The number of carbonyl (C=O) groups excluding carboxylic acids is 4. The normalized spacial score (nSPS) is 13.1. The molecule has 0 bridgehead atoms. The van der Waals surface area contributed by atoms with Gasteiger partial charge >= 0.3 is 11.9 Å². The van der Waals surface area contributed by atoms with Gasteiger partial charge in [-0.2, -0.15) is 0 Å². The Kier molecular flexibility index (Phi) is 11.7.